The van der Waals surface area contributed by atoms with E-state index in [1.54, 1.807) is 0 Å². The van der Waals surface area contributed by atoms with Gasteiger partial charge in [-0.3, -0.25) is 4.57 Å². The van der Waals surface area contributed by atoms with Crippen LogP contribution < -0.4 is 0 Å². The molecule has 0 spiro atoms. The fourth-order valence-corrected chi connectivity index (χ4v) is 2.48. The molecule has 0 radical (unpaired) electrons. The summed E-state index contributed by atoms with van der Waals surface area (Å²) in [6.45, 7) is 0. The first-order valence-electron chi connectivity index (χ1n) is 5.89. The maximum atomic E-state index is 14.0. The molecule has 1 heterocycles. The van der Waals surface area contributed by atoms with Gasteiger partial charge in [0.25, 0.3) is 0 Å². The number of imidazole rings is 1. The van der Waals surface area contributed by atoms with E-state index in [9.17, 15) is 13.2 Å². The van der Waals surface area contributed by atoms with Crippen LogP contribution in [0.5, 0.6) is 0 Å². The maximum absolute atomic E-state index is 14.0. The monoisotopic (exact) mass is 330 g/mol. The lowest BCUT2D eigenvalue weighted by Crippen LogP contribution is -2.02. The lowest BCUT2D eigenvalue weighted by molar-refractivity contribution is 0.577. The summed E-state index contributed by atoms with van der Waals surface area (Å²) in [5.41, 5.74) is 0.746. The molecule has 0 bridgehead atoms. The molecule has 0 fully saturated rings. The third-order valence-electron chi connectivity index (χ3n) is 3.04. The molecule has 0 atom stereocenters. The molecule has 0 aliphatic carbocycles. The van der Waals surface area contributed by atoms with Crippen LogP contribution in [0.1, 0.15) is 5.82 Å². The number of fused-ring (bicyclic) bond motifs is 1. The molecule has 21 heavy (non-hydrogen) atoms. The first-order chi connectivity index (χ1) is 10.0. The van der Waals surface area contributed by atoms with E-state index in [4.69, 9.17) is 23.2 Å². The number of benzene rings is 2. The quantitative estimate of drug-likeness (QED) is 0.615. The van der Waals surface area contributed by atoms with Crippen LogP contribution in [0.15, 0.2) is 30.3 Å². The van der Waals surface area contributed by atoms with Gasteiger partial charge in [0.05, 0.1) is 27.6 Å². The molecule has 3 rings (SSSR count). The molecule has 2 nitrogen and oxygen atoms in total. The minimum absolute atomic E-state index is 0.0231. The van der Waals surface area contributed by atoms with Gasteiger partial charge in [0.1, 0.15) is 23.3 Å². The highest BCUT2D eigenvalue weighted by molar-refractivity contribution is 6.31. The second-order valence-corrected chi connectivity index (χ2v) is 5.02. The van der Waals surface area contributed by atoms with Crippen molar-refractivity contribution in [2.24, 2.45) is 0 Å². The summed E-state index contributed by atoms with van der Waals surface area (Å²) in [5, 5.41) is -0.118. The maximum Gasteiger partial charge on any atom is 0.150 e. The molecule has 1 aromatic heterocycles. The number of hydrogen-bond acceptors (Lipinski definition) is 1. The lowest BCUT2D eigenvalue weighted by atomic mass is 10.2. The predicted molar refractivity (Wildman–Crippen MR) is 75.5 cm³/mol. The molecule has 0 saturated carbocycles. The summed E-state index contributed by atoms with van der Waals surface area (Å²) < 4.78 is 41.9. The SMILES string of the molecule is Fc1ccc(-n2c(CCl)nc3cc(F)c(Cl)cc32)c(F)c1. The largest absolute Gasteiger partial charge is 0.292 e. The van der Waals surface area contributed by atoms with Gasteiger partial charge in [-0.1, -0.05) is 11.6 Å². The Morgan fingerprint density at radius 2 is 1.81 bits per heavy atom. The fraction of sp³-hybridized carbons (Fsp3) is 0.0714. The Kier molecular flexibility index (Phi) is 3.55. The molecule has 0 amide bonds. The van der Waals surface area contributed by atoms with Gasteiger partial charge in [0.2, 0.25) is 0 Å². The lowest BCUT2D eigenvalue weighted by Gasteiger charge is -2.09. The molecule has 2 aromatic carbocycles. The van der Waals surface area contributed by atoms with Gasteiger partial charge in [-0.05, 0) is 18.2 Å². The van der Waals surface area contributed by atoms with E-state index in [0.29, 0.717) is 11.3 Å². The Labute approximate surface area is 127 Å². The summed E-state index contributed by atoms with van der Waals surface area (Å²) in [6, 6.07) is 5.61. The summed E-state index contributed by atoms with van der Waals surface area (Å²) in [7, 11) is 0. The average Bonchev–Trinajstić information content (AvgIpc) is 2.77. The van der Waals surface area contributed by atoms with E-state index in [2.05, 4.69) is 4.98 Å². The van der Waals surface area contributed by atoms with Crippen LogP contribution in [0.25, 0.3) is 16.7 Å². The van der Waals surface area contributed by atoms with Crippen molar-refractivity contribution in [2.75, 3.05) is 0 Å². The van der Waals surface area contributed by atoms with Crippen LogP contribution in [0.4, 0.5) is 13.2 Å². The third kappa shape index (κ3) is 2.36. The van der Waals surface area contributed by atoms with Crippen molar-refractivity contribution >= 4 is 34.2 Å². The van der Waals surface area contributed by atoms with Crippen molar-refractivity contribution in [2.45, 2.75) is 5.88 Å². The Bertz CT molecular complexity index is 846. The minimum Gasteiger partial charge on any atom is -0.292 e. The van der Waals surface area contributed by atoms with E-state index in [1.807, 2.05) is 0 Å². The van der Waals surface area contributed by atoms with Crippen LogP contribution in [-0.4, -0.2) is 9.55 Å². The van der Waals surface area contributed by atoms with Crippen molar-refractivity contribution in [3.05, 3.63) is 58.6 Å². The van der Waals surface area contributed by atoms with Crippen molar-refractivity contribution in [3.63, 3.8) is 0 Å². The van der Waals surface area contributed by atoms with Crippen LogP contribution in [0.2, 0.25) is 5.02 Å². The fourth-order valence-electron chi connectivity index (χ4n) is 2.14. The first kappa shape index (κ1) is 14.2. The van der Waals surface area contributed by atoms with Gasteiger partial charge in [0.15, 0.2) is 0 Å². The van der Waals surface area contributed by atoms with Gasteiger partial charge in [-0.2, -0.15) is 0 Å². The van der Waals surface area contributed by atoms with E-state index in [1.165, 1.54) is 16.7 Å². The first-order valence-corrected chi connectivity index (χ1v) is 6.80. The number of aromatic nitrogens is 2. The summed E-state index contributed by atoms with van der Waals surface area (Å²) in [4.78, 5) is 4.14. The molecular weight excluding hydrogens is 324 g/mol. The Morgan fingerprint density at radius 3 is 2.48 bits per heavy atom. The van der Waals surface area contributed by atoms with E-state index >= 15 is 0 Å². The highest BCUT2D eigenvalue weighted by atomic mass is 35.5. The topological polar surface area (TPSA) is 17.8 Å². The van der Waals surface area contributed by atoms with Crippen molar-refractivity contribution < 1.29 is 13.2 Å². The van der Waals surface area contributed by atoms with Crippen LogP contribution in [0.3, 0.4) is 0 Å². The second kappa shape index (κ2) is 5.24. The number of nitrogens with zero attached hydrogens (tertiary/aromatic N) is 2. The van der Waals surface area contributed by atoms with Crippen LogP contribution in [0, 0.1) is 17.5 Å². The van der Waals surface area contributed by atoms with E-state index in [0.717, 1.165) is 18.2 Å². The standard InChI is InChI=1S/C14H7Cl2F3N2/c15-6-14-20-11-5-9(18)8(16)4-13(11)21(14)12-2-1-7(17)3-10(12)19/h1-5H,6H2. The van der Waals surface area contributed by atoms with E-state index < -0.39 is 17.5 Å². The molecule has 0 unspecified atom stereocenters. The predicted octanol–water partition coefficient (Wildman–Crippen LogP) is 4.84. The molecule has 0 N–H and O–H groups in total. The van der Waals surface area contributed by atoms with Gasteiger partial charge in [-0.25, -0.2) is 18.2 Å². The summed E-state index contributed by atoms with van der Waals surface area (Å²) in [6.07, 6.45) is 0. The second-order valence-electron chi connectivity index (χ2n) is 4.35. The Morgan fingerprint density at radius 1 is 1.05 bits per heavy atom. The molecule has 3 aromatic rings. The van der Waals surface area contributed by atoms with Gasteiger partial charge >= 0.3 is 0 Å². The number of hydrogen-bond donors (Lipinski definition) is 0. The van der Waals surface area contributed by atoms with Crippen molar-refractivity contribution in [3.8, 4) is 5.69 Å². The van der Waals surface area contributed by atoms with Crippen LogP contribution >= 0.6 is 23.2 Å². The number of alkyl halides is 1. The highest BCUT2D eigenvalue weighted by Gasteiger charge is 2.17. The van der Waals surface area contributed by atoms with Gasteiger partial charge in [-0.15, -0.1) is 11.6 Å². The zero-order valence-corrected chi connectivity index (χ0v) is 11.9. The smallest absolute Gasteiger partial charge is 0.150 e. The Balaban J connectivity index is 2.37. The average molecular weight is 331 g/mol. The molecule has 7 heteroatoms. The van der Waals surface area contributed by atoms with Gasteiger partial charge < -0.3 is 0 Å². The minimum atomic E-state index is -0.777. The third-order valence-corrected chi connectivity index (χ3v) is 3.56. The number of halogens is 5. The van der Waals surface area contributed by atoms with Crippen LogP contribution in [-0.2, 0) is 5.88 Å². The normalized spacial score (nSPS) is 11.3. The molecule has 0 saturated heterocycles. The summed E-state index contributed by atoms with van der Waals surface area (Å²) >= 11 is 11.6. The summed E-state index contributed by atoms with van der Waals surface area (Å²) in [5.74, 6) is -1.82. The molecular formula is C14H7Cl2F3N2. The number of rotatable bonds is 2. The van der Waals surface area contributed by atoms with Crippen molar-refractivity contribution in [1.29, 1.82) is 0 Å². The molecule has 0 aliphatic rings. The van der Waals surface area contributed by atoms with Crippen molar-refractivity contribution in [1.82, 2.24) is 9.55 Å². The van der Waals surface area contributed by atoms with E-state index in [-0.39, 0.29) is 22.1 Å². The Hall–Kier alpha value is -1.72. The molecule has 0 aliphatic heterocycles. The highest BCUT2D eigenvalue weighted by Crippen LogP contribution is 2.28. The molecule has 108 valence electrons. The zero-order chi connectivity index (χ0) is 15.1. The zero-order valence-electron chi connectivity index (χ0n) is 10.4. The van der Waals surface area contributed by atoms with Gasteiger partial charge in [0, 0.05) is 12.1 Å².